The van der Waals surface area contributed by atoms with Crippen molar-refractivity contribution in [1.82, 2.24) is 15.5 Å². The Morgan fingerprint density at radius 1 is 1.06 bits per heavy atom. The van der Waals surface area contributed by atoms with E-state index in [1.807, 2.05) is 18.2 Å². The number of fused-ring (bicyclic) bond motifs is 2. The molecule has 8 heteroatoms. The number of morpholine rings is 1. The fraction of sp³-hybridized carbons (Fsp3) is 0.444. The largest absolute Gasteiger partial charge is 0.379 e. The second kappa shape index (κ2) is 9.09. The van der Waals surface area contributed by atoms with Crippen LogP contribution in [0.1, 0.15) is 52.2 Å². The third-order valence-electron chi connectivity index (χ3n) is 7.73. The van der Waals surface area contributed by atoms with Crippen molar-refractivity contribution in [2.24, 2.45) is 0 Å². The third-order valence-corrected chi connectivity index (χ3v) is 7.73. The third kappa shape index (κ3) is 4.10. The van der Waals surface area contributed by atoms with Crippen molar-refractivity contribution >= 4 is 23.4 Å². The highest BCUT2D eigenvalue weighted by Gasteiger charge is 2.40. The molecule has 0 saturated carbocycles. The highest BCUT2D eigenvalue weighted by atomic mass is 16.5. The van der Waals surface area contributed by atoms with Crippen molar-refractivity contribution in [1.29, 1.82) is 0 Å². The number of amides is 3. The predicted octanol–water partition coefficient (Wildman–Crippen LogP) is 1.93. The quantitative estimate of drug-likeness (QED) is 0.644. The Kier molecular flexibility index (Phi) is 5.78. The second-order valence-corrected chi connectivity index (χ2v) is 9.95. The van der Waals surface area contributed by atoms with Gasteiger partial charge in [0.1, 0.15) is 6.04 Å². The van der Waals surface area contributed by atoms with Gasteiger partial charge < -0.3 is 19.9 Å². The molecule has 2 aromatic rings. The number of ether oxygens (including phenoxy) is 1. The van der Waals surface area contributed by atoms with Crippen molar-refractivity contribution in [2.45, 2.75) is 50.4 Å². The molecule has 0 aliphatic carbocycles. The first-order valence-electron chi connectivity index (χ1n) is 12.5. The minimum Gasteiger partial charge on any atom is -0.379 e. The van der Waals surface area contributed by atoms with Crippen molar-refractivity contribution in [2.75, 3.05) is 31.2 Å². The fourth-order valence-electron chi connectivity index (χ4n) is 6.08. The maximum atomic E-state index is 13.5. The van der Waals surface area contributed by atoms with Gasteiger partial charge in [-0.25, -0.2) is 0 Å². The molecule has 182 valence electrons. The van der Waals surface area contributed by atoms with Crippen LogP contribution in [0.3, 0.4) is 0 Å². The van der Waals surface area contributed by atoms with E-state index in [9.17, 15) is 14.4 Å². The lowest BCUT2D eigenvalue weighted by Crippen LogP contribution is -2.52. The molecule has 0 radical (unpaired) electrons. The van der Waals surface area contributed by atoms with Crippen LogP contribution in [0.15, 0.2) is 42.5 Å². The molecule has 3 atom stereocenters. The van der Waals surface area contributed by atoms with Crippen LogP contribution in [0.2, 0.25) is 0 Å². The maximum Gasteiger partial charge on any atom is 0.255 e. The lowest BCUT2D eigenvalue weighted by Gasteiger charge is -2.29. The van der Waals surface area contributed by atoms with Gasteiger partial charge in [0.15, 0.2) is 0 Å². The Morgan fingerprint density at radius 3 is 2.77 bits per heavy atom. The number of nitrogens with zero attached hydrogens (tertiary/aromatic N) is 2. The van der Waals surface area contributed by atoms with Gasteiger partial charge >= 0.3 is 0 Å². The molecule has 4 heterocycles. The summed E-state index contributed by atoms with van der Waals surface area (Å²) in [5.74, 6) is -0.357. The number of hydrogen-bond donors (Lipinski definition) is 2. The van der Waals surface area contributed by atoms with E-state index in [0.29, 0.717) is 37.0 Å². The highest BCUT2D eigenvalue weighted by molar-refractivity contribution is 6.06. The van der Waals surface area contributed by atoms with Gasteiger partial charge in [-0.2, -0.15) is 0 Å². The standard InChI is InChI=1S/C27H30N4O4/c32-24-9-8-23(26(33)29-24)31-15-18-5-3-4-17(25(18)27(31)34)13-30-14-19(12-20-16-35-11-10-28-20)21-6-1-2-7-22(21)30/h1-7,19-20,23,28H,8-16H2,(H,29,32,33). The average molecular weight is 475 g/mol. The summed E-state index contributed by atoms with van der Waals surface area (Å²) in [5.41, 5.74) is 5.21. The van der Waals surface area contributed by atoms with Crippen molar-refractivity contribution in [3.63, 3.8) is 0 Å². The maximum absolute atomic E-state index is 13.5. The summed E-state index contributed by atoms with van der Waals surface area (Å²) in [6.45, 7) is 4.35. The summed E-state index contributed by atoms with van der Waals surface area (Å²) in [6, 6.07) is 14.3. The molecule has 3 unspecified atom stereocenters. The van der Waals surface area contributed by atoms with Gasteiger partial charge in [-0.05, 0) is 35.6 Å². The van der Waals surface area contributed by atoms with Gasteiger partial charge in [0.05, 0.1) is 13.2 Å². The molecule has 0 aromatic heterocycles. The van der Waals surface area contributed by atoms with Crippen LogP contribution >= 0.6 is 0 Å². The number of carbonyl (C=O) groups is 3. The highest BCUT2D eigenvalue weighted by Crippen LogP contribution is 2.40. The average Bonchev–Trinajstić information content (AvgIpc) is 3.38. The molecular weight excluding hydrogens is 444 g/mol. The number of rotatable bonds is 5. The van der Waals surface area contributed by atoms with E-state index in [1.165, 1.54) is 11.3 Å². The lowest BCUT2D eigenvalue weighted by atomic mass is 9.94. The summed E-state index contributed by atoms with van der Waals surface area (Å²) >= 11 is 0. The Balaban J connectivity index is 1.23. The molecule has 3 amide bonds. The molecule has 2 N–H and O–H groups in total. The Morgan fingerprint density at radius 2 is 1.94 bits per heavy atom. The molecule has 6 rings (SSSR count). The molecule has 2 saturated heterocycles. The molecule has 0 bridgehead atoms. The van der Waals surface area contributed by atoms with E-state index in [4.69, 9.17) is 4.74 Å². The molecule has 8 nitrogen and oxygen atoms in total. The van der Waals surface area contributed by atoms with Crippen molar-refractivity contribution < 1.29 is 19.1 Å². The number of anilines is 1. The van der Waals surface area contributed by atoms with Crippen molar-refractivity contribution in [3.8, 4) is 0 Å². The number of benzene rings is 2. The summed E-state index contributed by atoms with van der Waals surface area (Å²) < 4.78 is 5.67. The predicted molar refractivity (Wildman–Crippen MR) is 130 cm³/mol. The first-order valence-corrected chi connectivity index (χ1v) is 12.5. The zero-order valence-electron chi connectivity index (χ0n) is 19.7. The van der Waals surface area contributed by atoms with E-state index >= 15 is 0 Å². The summed E-state index contributed by atoms with van der Waals surface area (Å²) in [7, 11) is 0. The van der Waals surface area contributed by atoms with Gasteiger partial charge in [0, 0.05) is 55.8 Å². The molecule has 2 fully saturated rings. The summed E-state index contributed by atoms with van der Waals surface area (Å²) in [4.78, 5) is 41.5. The Bertz CT molecular complexity index is 1180. The van der Waals surface area contributed by atoms with Crippen LogP contribution in [0.5, 0.6) is 0 Å². The Hall–Kier alpha value is -3.23. The molecule has 0 spiro atoms. The number of imide groups is 1. The van der Waals surface area contributed by atoms with Crippen LogP contribution in [-0.2, 0) is 27.4 Å². The molecule has 2 aromatic carbocycles. The summed E-state index contributed by atoms with van der Waals surface area (Å²) in [6.07, 6.45) is 1.65. The molecule has 35 heavy (non-hydrogen) atoms. The molecule has 4 aliphatic heterocycles. The number of para-hydroxylation sites is 1. The van der Waals surface area contributed by atoms with Crippen molar-refractivity contribution in [3.05, 3.63) is 64.7 Å². The minimum atomic E-state index is -0.595. The fourth-order valence-corrected chi connectivity index (χ4v) is 6.08. The SMILES string of the molecule is O=C1CCC(N2Cc3cccc(CN4CC(CC5COCCN5)c5ccccc54)c3C2=O)C(=O)N1. The summed E-state index contributed by atoms with van der Waals surface area (Å²) in [5, 5.41) is 5.96. The lowest BCUT2D eigenvalue weighted by molar-refractivity contribution is -0.136. The van der Waals surface area contributed by atoms with E-state index < -0.39 is 6.04 Å². The topological polar surface area (TPSA) is 91.0 Å². The normalized spacial score (nSPS) is 26.1. The number of nitrogens with one attached hydrogen (secondary N) is 2. The van der Waals surface area contributed by atoms with Crippen LogP contribution in [0.25, 0.3) is 0 Å². The molecule has 4 aliphatic rings. The van der Waals surface area contributed by atoms with E-state index in [0.717, 1.165) is 43.9 Å². The number of carbonyl (C=O) groups excluding carboxylic acids is 3. The van der Waals surface area contributed by atoms with Crippen LogP contribution < -0.4 is 15.5 Å². The van der Waals surface area contributed by atoms with E-state index in [1.54, 1.807) is 4.90 Å². The van der Waals surface area contributed by atoms with Gasteiger partial charge in [-0.15, -0.1) is 0 Å². The van der Waals surface area contributed by atoms with Gasteiger partial charge in [-0.1, -0.05) is 36.4 Å². The van der Waals surface area contributed by atoms with Crippen LogP contribution in [-0.4, -0.2) is 61.0 Å². The van der Waals surface area contributed by atoms with Crippen LogP contribution in [0.4, 0.5) is 5.69 Å². The number of piperidine rings is 1. The minimum absolute atomic E-state index is 0.113. The van der Waals surface area contributed by atoms with E-state index in [-0.39, 0.29) is 24.1 Å². The van der Waals surface area contributed by atoms with Gasteiger partial charge in [0.2, 0.25) is 11.8 Å². The zero-order valence-corrected chi connectivity index (χ0v) is 19.7. The Labute approximate surface area is 204 Å². The molecular formula is C27H30N4O4. The second-order valence-electron chi connectivity index (χ2n) is 9.95. The first-order chi connectivity index (χ1) is 17.1. The monoisotopic (exact) mass is 474 g/mol. The van der Waals surface area contributed by atoms with Crippen LogP contribution in [0, 0.1) is 0 Å². The van der Waals surface area contributed by atoms with Gasteiger partial charge in [0.25, 0.3) is 5.91 Å². The van der Waals surface area contributed by atoms with Gasteiger partial charge in [-0.3, -0.25) is 19.7 Å². The smallest absolute Gasteiger partial charge is 0.255 e. The number of hydrogen-bond acceptors (Lipinski definition) is 6. The first kappa shape index (κ1) is 22.2. The zero-order chi connectivity index (χ0) is 23.9. The van der Waals surface area contributed by atoms with E-state index in [2.05, 4.69) is 39.8 Å².